The SMILES string of the molecule is Cc1ccc(N2C(=O)[C@@H]3[C@H](C2=O)[C@H](C(=O)C(C)(C)C)N2c4ccccc4C=C[C@H]32)cc1. The minimum Gasteiger partial charge on any atom is -0.353 e. The van der Waals surface area contributed by atoms with Crippen molar-refractivity contribution in [3.05, 3.63) is 65.7 Å². The molecule has 3 heterocycles. The third kappa shape index (κ3) is 2.79. The van der Waals surface area contributed by atoms with Gasteiger partial charge in [0.25, 0.3) is 0 Å². The number of hydrogen-bond donors (Lipinski definition) is 0. The summed E-state index contributed by atoms with van der Waals surface area (Å²) in [5.74, 6) is -1.78. The number of benzene rings is 2. The number of nitrogens with zero attached hydrogens (tertiary/aromatic N) is 2. The van der Waals surface area contributed by atoms with Crippen LogP contribution in [0.25, 0.3) is 6.08 Å². The van der Waals surface area contributed by atoms with E-state index in [1.54, 1.807) is 12.1 Å². The summed E-state index contributed by atoms with van der Waals surface area (Å²) in [5.41, 5.74) is 2.90. The van der Waals surface area contributed by atoms with E-state index in [9.17, 15) is 14.4 Å². The fourth-order valence-corrected chi connectivity index (χ4v) is 5.21. The van der Waals surface area contributed by atoms with Crippen LogP contribution >= 0.6 is 0 Å². The van der Waals surface area contributed by atoms with Gasteiger partial charge in [-0.25, -0.2) is 4.90 Å². The third-order valence-electron chi connectivity index (χ3n) is 6.71. The van der Waals surface area contributed by atoms with Crippen molar-refractivity contribution in [2.45, 2.75) is 39.8 Å². The number of para-hydroxylation sites is 1. The number of rotatable bonds is 2. The van der Waals surface area contributed by atoms with Gasteiger partial charge in [-0.3, -0.25) is 14.4 Å². The lowest BCUT2D eigenvalue weighted by Crippen LogP contribution is -2.51. The van der Waals surface area contributed by atoms with E-state index in [-0.39, 0.29) is 23.6 Å². The highest BCUT2D eigenvalue weighted by Gasteiger charge is 2.64. The fraction of sp³-hybridized carbons (Fsp3) is 0.346. The molecule has 0 spiro atoms. The lowest BCUT2D eigenvalue weighted by Gasteiger charge is -2.38. The zero-order chi connectivity index (χ0) is 22.1. The molecule has 0 N–H and O–H groups in total. The van der Waals surface area contributed by atoms with Gasteiger partial charge in [0, 0.05) is 11.1 Å². The first-order valence-corrected chi connectivity index (χ1v) is 10.7. The van der Waals surface area contributed by atoms with E-state index in [1.807, 2.05) is 81.1 Å². The first kappa shape index (κ1) is 19.7. The minimum atomic E-state index is -0.693. The molecule has 2 saturated heterocycles. The largest absolute Gasteiger partial charge is 0.353 e. The van der Waals surface area contributed by atoms with Crippen molar-refractivity contribution in [2.24, 2.45) is 17.3 Å². The van der Waals surface area contributed by atoms with E-state index in [4.69, 9.17) is 0 Å². The van der Waals surface area contributed by atoms with E-state index < -0.39 is 23.3 Å². The van der Waals surface area contributed by atoms with E-state index in [0.717, 1.165) is 16.8 Å². The summed E-state index contributed by atoms with van der Waals surface area (Å²) in [6, 6.07) is 14.3. The Morgan fingerprint density at radius 1 is 0.903 bits per heavy atom. The summed E-state index contributed by atoms with van der Waals surface area (Å²) in [6.45, 7) is 7.60. The Kier molecular flexibility index (Phi) is 4.23. The number of aryl methyl sites for hydroxylation is 1. The van der Waals surface area contributed by atoms with Gasteiger partial charge in [-0.05, 0) is 30.7 Å². The molecule has 2 amide bonds. The van der Waals surface area contributed by atoms with E-state index in [0.29, 0.717) is 5.69 Å². The summed E-state index contributed by atoms with van der Waals surface area (Å²) in [4.78, 5) is 44.3. The summed E-state index contributed by atoms with van der Waals surface area (Å²) in [5, 5.41) is 0. The van der Waals surface area contributed by atoms with Crippen LogP contribution in [0.3, 0.4) is 0 Å². The number of Topliss-reactive ketones (excluding diaryl/α,β-unsaturated/α-hetero) is 1. The van der Waals surface area contributed by atoms with Crippen molar-refractivity contribution in [3.8, 4) is 0 Å². The van der Waals surface area contributed by atoms with Crippen LogP contribution in [-0.2, 0) is 14.4 Å². The molecule has 5 rings (SSSR count). The molecular weight excluding hydrogens is 388 g/mol. The van der Waals surface area contributed by atoms with Crippen molar-refractivity contribution in [3.63, 3.8) is 0 Å². The fourth-order valence-electron chi connectivity index (χ4n) is 5.21. The molecule has 3 aliphatic heterocycles. The van der Waals surface area contributed by atoms with Gasteiger partial charge >= 0.3 is 0 Å². The van der Waals surface area contributed by atoms with Gasteiger partial charge in [-0.2, -0.15) is 0 Å². The molecule has 0 radical (unpaired) electrons. The quantitative estimate of drug-likeness (QED) is 0.697. The number of hydrogen-bond acceptors (Lipinski definition) is 4. The van der Waals surface area contributed by atoms with Crippen LogP contribution in [0.5, 0.6) is 0 Å². The second-order valence-electron chi connectivity index (χ2n) is 9.77. The van der Waals surface area contributed by atoms with Crippen molar-refractivity contribution < 1.29 is 14.4 Å². The standard InChI is InChI=1S/C26H26N2O3/c1-15-9-12-17(13-10-15)27-24(30)20-19-14-11-16-7-5-6-8-18(16)28(19)22(21(20)25(27)31)23(29)26(2,3)4/h5-14,19-22H,1-4H3/t19-,20+,21+,22-/m1/s1. The van der Waals surface area contributed by atoms with Crippen LogP contribution in [0.15, 0.2) is 54.6 Å². The maximum atomic E-state index is 13.7. The van der Waals surface area contributed by atoms with Gasteiger partial charge in [-0.15, -0.1) is 0 Å². The zero-order valence-electron chi connectivity index (χ0n) is 18.2. The highest BCUT2D eigenvalue weighted by atomic mass is 16.2. The van der Waals surface area contributed by atoms with E-state index in [1.165, 1.54) is 4.90 Å². The Morgan fingerprint density at radius 2 is 1.55 bits per heavy atom. The predicted octanol–water partition coefficient (Wildman–Crippen LogP) is 4.00. The molecule has 2 aromatic rings. The second-order valence-corrected chi connectivity index (χ2v) is 9.77. The van der Waals surface area contributed by atoms with Crippen molar-refractivity contribution in [2.75, 3.05) is 9.80 Å². The molecule has 0 unspecified atom stereocenters. The molecule has 5 nitrogen and oxygen atoms in total. The van der Waals surface area contributed by atoms with Crippen LogP contribution in [-0.4, -0.2) is 29.7 Å². The Balaban J connectivity index is 1.65. The van der Waals surface area contributed by atoms with E-state index >= 15 is 0 Å². The summed E-state index contributed by atoms with van der Waals surface area (Å²) in [7, 11) is 0. The van der Waals surface area contributed by atoms with Gasteiger partial charge in [-0.1, -0.05) is 68.8 Å². The Labute approximate surface area is 182 Å². The molecular formula is C26H26N2O3. The molecule has 2 aromatic carbocycles. The average Bonchev–Trinajstić information content (AvgIpc) is 3.21. The molecule has 2 fully saturated rings. The number of carbonyl (C=O) groups excluding carboxylic acids is 3. The van der Waals surface area contributed by atoms with Gasteiger partial charge < -0.3 is 4.90 Å². The maximum Gasteiger partial charge on any atom is 0.240 e. The molecule has 0 bridgehead atoms. The van der Waals surface area contributed by atoms with Crippen LogP contribution in [0.1, 0.15) is 31.9 Å². The topological polar surface area (TPSA) is 57.7 Å². The van der Waals surface area contributed by atoms with Gasteiger partial charge in [0.05, 0.1) is 23.6 Å². The zero-order valence-corrected chi connectivity index (χ0v) is 18.2. The van der Waals surface area contributed by atoms with Crippen LogP contribution < -0.4 is 9.80 Å². The predicted molar refractivity (Wildman–Crippen MR) is 121 cm³/mol. The third-order valence-corrected chi connectivity index (χ3v) is 6.71. The highest BCUT2D eigenvalue weighted by Crippen LogP contribution is 2.50. The van der Waals surface area contributed by atoms with Crippen molar-refractivity contribution in [1.82, 2.24) is 0 Å². The number of ketones is 1. The lowest BCUT2D eigenvalue weighted by molar-refractivity contribution is -0.132. The maximum absolute atomic E-state index is 13.7. The molecule has 5 heteroatoms. The van der Waals surface area contributed by atoms with Gasteiger partial charge in [0.15, 0.2) is 5.78 Å². The molecule has 31 heavy (non-hydrogen) atoms. The first-order valence-electron chi connectivity index (χ1n) is 10.7. The number of fused-ring (bicyclic) bond motifs is 5. The first-order chi connectivity index (χ1) is 14.7. The Morgan fingerprint density at radius 3 is 2.23 bits per heavy atom. The van der Waals surface area contributed by atoms with Gasteiger partial charge in [0.2, 0.25) is 11.8 Å². The average molecular weight is 415 g/mol. The molecule has 0 saturated carbocycles. The van der Waals surface area contributed by atoms with Crippen LogP contribution in [0.4, 0.5) is 11.4 Å². The van der Waals surface area contributed by atoms with Crippen LogP contribution in [0, 0.1) is 24.2 Å². The number of imide groups is 1. The number of amides is 2. The monoisotopic (exact) mass is 414 g/mol. The minimum absolute atomic E-state index is 0.0120. The second kappa shape index (κ2) is 6.64. The van der Waals surface area contributed by atoms with Crippen LogP contribution in [0.2, 0.25) is 0 Å². The van der Waals surface area contributed by atoms with Crippen molar-refractivity contribution in [1.29, 1.82) is 0 Å². The number of carbonyl (C=O) groups is 3. The molecule has 4 atom stereocenters. The molecule has 0 aromatic heterocycles. The normalized spacial score (nSPS) is 26.7. The Hall–Kier alpha value is -3.21. The smallest absolute Gasteiger partial charge is 0.240 e. The van der Waals surface area contributed by atoms with Crippen molar-refractivity contribution >= 4 is 35.0 Å². The van der Waals surface area contributed by atoms with Gasteiger partial charge in [0.1, 0.15) is 6.04 Å². The summed E-state index contributed by atoms with van der Waals surface area (Å²) in [6.07, 6.45) is 3.99. The molecule has 0 aliphatic carbocycles. The highest BCUT2D eigenvalue weighted by molar-refractivity contribution is 6.25. The van der Waals surface area contributed by atoms with E-state index in [2.05, 4.69) is 0 Å². The molecule has 158 valence electrons. The number of anilines is 2. The summed E-state index contributed by atoms with van der Waals surface area (Å²) < 4.78 is 0. The molecule has 3 aliphatic rings. The lowest BCUT2D eigenvalue weighted by atomic mass is 9.79. The Bertz CT molecular complexity index is 1130. The summed E-state index contributed by atoms with van der Waals surface area (Å²) >= 11 is 0.